The van der Waals surface area contributed by atoms with Crippen molar-refractivity contribution in [2.75, 3.05) is 27.4 Å². The van der Waals surface area contributed by atoms with Crippen LogP contribution in [0.3, 0.4) is 0 Å². The molecule has 1 aliphatic heterocycles. The van der Waals surface area contributed by atoms with Gasteiger partial charge in [-0.1, -0.05) is 6.07 Å². The Labute approximate surface area is 149 Å². The first-order valence-corrected chi connectivity index (χ1v) is 7.91. The number of carbonyl (C=O) groups is 1. The third kappa shape index (κ3) is 5.26. The molecular formula is C17H27ClN2O4. The minimum absolute atomic E-state index is 0. The molecule has 1 aliphatic rings. The second kappa shape index (κ2) is 9.71. The SMILES string of the molecule is COc1ccc(CC(C)NC(=O)[C@H]2NCCO[C@@H]2C)cc1OC.Cl. The normalized spacial score (nSPS) is 21.3. The fourth-order valence-corrected chi connectivity index (χ4v) is 2.77. The van der Waals surface area contributed by atoms with Crippen molar-refractivity contribution in [2.45, 2.75) is 38.5 Å². The van der Waals surface area contributed by atoms with Crippen molar-refractivity contribution in [3.63, 3.8) is 0 Å². The average molecular weight is 359 g/mol. The van der Waals surface area contributed by atoms with Crippen molar-refractivity contribution in [2.24, 2.45) is 0 Å². The molecule has 0 bridgehead atoms. The average Bonchev–Trinajstić information content (AvgIpc) is 2.54. The summed E-state index contributed by atoms with van der Waals surface area (Å²) >= 11 is 0. The van der Waals surface area contributed by atoms with E-state index in [-0.39, 0.29) is 36.5 Å². The number of rotatable bonds is 6. The Bertz CT molecular complexity index is 541. The molecule has 0 spiro atoms. The molecular weight excluding hydrogens is 332 g/mol. The van der Waals surface area contributed by atoms with Crippen LogP contribution in [0.4, 0.5) is 0 Å². The molecule has 0 aromatic heterocycles. The van der Waals surface area contributed by atoms with E-state index in [0.717, 1.165) is 5.56 Å². The smallest absolute Gasteiger partial charge is 0.240 e. The molecule has 24 heavy (non-hydrogen) atoms. The summed E-state index contributed by atoms with van der Waals surface area (Å²) in [6, 6.07) is 5.51. The van der Waals surface area contributed by atoms with Crippen LogP contribution < -0.4 is 20.1 Å². The zero-order valence-electron chi connectivity index (χ0n) is 14.6. The summed E-state index contributed by atoms with van der Waals surface area (Å²) < 4.78 is 16.1. The molecule has 1 aromatic rings. The van der Waals surface area contributed by atoms with Crippen LogP contribution in [0.1, 0.15) is 19.4 Å². The molecule has 2 N–H and O–H groups in total. The van der Waals surface area contributed by atoms with E-state index in [2.05, 4.69) is 10.6 Å². The molecule has 1 heterocycles. The molecule has 2 rings (SSSR count). The molecule has 136 valence electrons. The van der Waals surface area contributed by atoms with E-state index in [1.165, 1.54) is 0 Å². The van der Waals surface area contributed by atoms with Crippen LogP contribution in [-0.2, 0) is 16.0 Å². The first kappa shape index (κ1) is 20.5. The van der Waals surface area contributed by atoms with E-state index in [0.29, 0.717) is 31.1 Å². The fourth-order valence-electron chi connectivity index (χ4n) is 2.77. The Hall–Kier alpha value is -1.50. The van der Waals surface area contributed by atoms with Crippen molar-refractivity contribution < 1.29 is 19.0 Å². The van der Waals surface area contributed by atoms with Gasteiger partial charge in [0.25, 0.3) is 0 Å². The van der Waals surface area contributed by atoms with Crippen LogP contribution in [0, 0.1) is 0 Å². The van der Waals surface area contributed by atoms with E-state index >= 15 is 0 Å². The van der Waals surface area contributed by atoms with Gasteiger partial charge < -0.3 is 24.8 Å². The number of morpholine rings is 1. The minimum atomic E-state index is -0.295. The lowest BCUT2D eigenvalue weighted by atomic mass is 10.0. The zero-order chi connectivity index (χ0) is 16.8. The van der Waals surface area contributed by atoms with Crippen molar-refractivity contribution in [1.82, 2.24) is 10.6 Å². The molecule has 3 atom stereocenters. The Kier molecular flexibility index (Phi) is 8.31. The van der Waals surface area contributed by atoms with Gasteiger partial charge in [-0.05, 0) is 38.0 Å². The highest BCUT2D eigenvalue weighted by atomic mass is 35.5. The van der Waals surface area contributed by atoms with Crippen molar-refractivity contribution in [1.29, 1.82) is 0 Å². The Balaban J connectivity index is 0.00000288. The highest BCUT2D eigenvalue weighted by molar-refractivity contribution is 5.85. The van der Waals surface area contributed by atoms with Crippen LogP contribution in [0.25, 0.3) is 0 Å². The third-order valence-electron chi connectivity index (χ3n) is 3.98. The molecule has 6 nitrogen and oxygen atoms in total. The van der Waals surface area contributed by atoms with Crippen LogP contribution in [-0.4, -0.2) is 51.5 Å². The van der Waals surface area contributed by atoms with Crippen LogP contribution >= 0.6 is 12.4 Å². The number of nitrogens with one attached hydrogen (secondary N) is 2. The fraction of sp³-hybridized carbons (Fsp3) is 0.588. The quantitative estimate of drug-likeness (QED) is 0.807. The predicted octanol–water partition coefficient (Wildman–Crippen LogP) is 1.55. The first-order valence-electron chi connectivity index (χ1n) is 7.91. The lowest BCUT2D eigenvalue weighted by molar-refractivity contribution is -0.129. The van der Waals surface area contributed by atoms with Crippen LogP contribution in [0.5, 0.6) is 11.5 Å². The van der Waals surface area contributed by atoms with E-state index in [9.17, 15) is 4.79 Å². The predicted molar refractivity (Wildman–Crippen MR) is 95.3 cm³/mol. The highest BCUT2D eigenvalue weighted by Gasteiger charge is 2.28. The van der Waals surface area contributed by atoms with Crippen molar-refractivity contribution >= 4 is 18.3 Å². The van der Waals surface area contributed by atoms with Gasteiger partial charge >= 0.3 is 0 Å². The molecule has 1 aromatic carbocycles. The topological polar surface area (TPSA) is 68.8 Å². The summed E-state index contributed by atoms with van der Waals surface area (Å²) in [6.07, 6.45) is 0.602. The number of amides is 1. The van der Waals surface area contributed by atoms with Crippen molar-refractivity contribution in [3.8, 4) is 11.5 Å². The van der Waals surface area contributed by atoms with Gasteiger partial charge in [0.05, 0.1) is 26.9 Å². The number of halogens is 1. The minimum Gasteiger partial charge on any atom is -0.493 e. The number of carbonyl (C=O) groups excluding carboxylic acids is 1. The lowest BCUT2D eigenvalue weighted by Crippen LogP contribution is -2.56. The number of benzene rings is 1. The van der Waals surface area contributed by atoms with Gasteiger partial charge in [0.1, 0.15) is 6.04 Å². The van der Waals surface area contributed by atoms with Gasteiger partial charge in [-0.3, -0.25) is 4.79 Å². The van der Waals surface area contributed by atoms with Gasteiger partial charge in [0.2, 0.25) is 5.91 Å². The summed E-state index contributed by atoms with van der Waals surface area (Å²) in [7, 11) is 3.23. The number of hydrogen-bond donors (Lipinski definition) is 2. The molecule has 1 amide bonds. The maximum absolute atomic E-state index is 12.3. The van der Waals surface area contributed by atoms with E-state index < -0.39 is 0 Å². The monoisotopic (exact) mass is 358 g/mol. The molecule has 1 fully saturated rings. The number of hydrogen-bond acceptors (Lipinski definition) is 5. The van der Waals surface area contributed by atoms with E-state index in [1.54, 1.807) is 14.2 Å². The maximum atomic E-state index is 12.3. The lowest BCUT2D eigenvalue weighted by Gasteiger charge is -2.30. The van der Waals surface area contributed by atoms with Crippen LogP contribution in [0.2, 0.25) is 0 Å². The molecule has 0 aliphatic carbocycles. The summed E-state index contributed by atoms with van der Waals surface area (Å²) in [5.41, 5.74) is 1.08. The Morgan fingerprint density at radius 1 is 1.38 bits per heavy atom. The second-order valence-corrected chi connectivity index (χ2v) is 5.81. The second-order valence-electron chi connectivity index (χ2n) is 5.81. The first-order chi connectivity index (χ1) is 11.0. The van der Waals surface area contributed by atoms with Gasteiger partial charge in [-0.15, -0.1) is 12.4 Å². The molecule has 0 radical (unpaired) electrons. The summed E-state index contributed by atoms with van der Waals surface area (Å²) in [5, 5.41) is 6.24. The summed E-state index contributed by atoms with van der Waals surface area (Å²) in [4.78, 5) is 12.3. The highest BCUT2D eigenvalue weighted by Crippen LogP contribution is 2.27. The van der Waals surface area contributed by atoms with Crippen molar-refractivity contribution in [3.05, 3.63) is 23.8 Å². The summed E-state index contributed by atoms with van der Waals surface area (Å²) in [5.74, 6) is 1.37. The number of methoxy groups -OCH3 is 2. The largest absolute Gasteiger partial charge is 0.493 e. The maximum Gasteiger partial charge on any atom is 0.240 e. The molecule has 7 heteroatoms. The van der Waals surface area contributed by atoms with Gasteiger partial charge in [0, 0.05) is 12.6 Å². The summed E-state index contributed by atoms with van der Waals surface area (Å²) in [6.45, 7) is 5.25. The third-order valence-corrected chi connectivity index (χ3v) is 3.98. The zero-order valence-corrected chi connectivity index (χ0v) is 15.4. The molecule has 1 saturated heterocycles. The van der Waals surface area contributed by atoms with Crippen LogP contribution in [0.15, 0.2) is 18.2 Å². The molecule has 1 unspecified atom stereocenters. The Morgan fingerprint density at radius 3 is 2.71 bits per heavy atom. The Morgan fingerprint density at radius 2 is 2.08 bits per heavy atom. The van der Waals surface area contributed by atoms with E-state index in [4.69, 9.17) is 14.2 Å². The standard InChI is InChI=1S/C17H26N2O4.ClH/c1-11(19-17(20)16-12(2)23-8-7-18-16)9-13-5-6-14(21-3)15(10-13)22-4;/h5-6,10-12,16,18H,7-9H2,1-4H3,(H,19,20);1H/t11?,12-,16+;/m1./s1. The van der Waals surface area contributed by atoms with Gasteiger partial charge in [0.15, 0.2) is 11.5 Å². The van der Waals surface area contributed by atoms with E-state index in [1.807, 2.05) is 32.0 Å². The van der Waals surface area contributed by atoms with Gasteiger partial charge in [-0.2, -0.15) is 0 Å². The van der Waals surface area contributed by atoms with Gasteiger partial charge in [-0.25, -0.2) is 0 Å². The number of ether oxygens (including phenoxy) is 3. The molecule has 0 saturated carbocycles.